The van der Waals surface area contributed by atoms with Crippen LogP contribution >= 0.6 is 0 Å². The number of amides is 1. The van der Waals surface area contributed by atoms with Crippen LogP contribution in [0.4, 0.5) is 9.18 Å². The van der Waals surface area contributed by atoms with E-state index in [4.69, 9.17) is 15.2 Å². The van der Waals surface area contributed by atoms with Crippen molar-refractivity contribution in [3.8, 4) is 5.75 Å². The summed E-state index contributed by atoms with van der Waals surface area (Å²) in [6, 6.07) is 4.54. The molecule has 0 aliphatic rings. The average Bonchev–Trinajstić information content (AvgIpc) is 2.39. The van der Waals surface area contributed by atoms with Gasteiger partial charge >= 0.3 is 6.09 Å². The van der Waals surface area contributed by atoms with Gasteiger partial charge in [-0.15, -0.1) is 0 Å². The van der Waals surface area contributed by atoms with Crippen LogP contribution in [0.1, 0.15) is 32.3 Å². The number of halogens is 1. The predicted octanol–water partition coefficient (Wildman–Crippen LogP) is 2.40. The van der Waals surface area contributed by atoms with Crippen molar-refractivity contribution in [1.29, 1.82) is 0 Å². The Morgan fingerprint density at radius 1 is 1.43 bits per heavy atom. The van der Waals surface area contributed by atoms with Crippen LogP contribution in [0.5, 0.6) is 5.75 Å². The molecule has 6 heteroatoms. The van der Waals surface area contributed by atoms with Gasteiger partial charge in [-0.2, -0.15) is 0 Å². The van der Waals surface area contributed by atoms with Crippen molar-refractivity contribution in [3.63, 3.8) is 0 Å². The van der Waals surface area contributed by atoms with Crippen LogP contribution < -0.4 is 15.8 Å². The number of carbonyl (C=O) groups excluding carboxylic acids is 1. The van der Waals surface area contributed by atoms with E-state index < -0.39 is 17.5 Å². The topological polar surface area (TPSA) is 73.6 Å². The molecule has 0 fully saturated rings. The van der Waals surface area contributed by atoms with E-state index >= 15 is 0 Å². The Morgan fingerprint density at radius 3 is 2.62 bits per heavy atom. The highest BCUT2D eigenvalue weighted by atomic mass is 19.1. The van der Waals surface area contributed by atoms with Crippen molar-refractivity contribution in [1.82, 2.24) is 5.32 Å². The second-order valence-corrected chi connectivity index (χ2v) is 5.71. The predicted molar refractivity (Wildman–Crippen MR) is 79.0 cm³/mol. The van der Waals surface area contributed by atoms with Crippen LogP contribution in [0.15, 0.2) is 18.2 Å². The number of ether oxygens (including phenoxy) is 2. The molecule has 3 N–H and O–H groups in total. The van der Waals surface area contributed by atoms with Crippen molar-refractivity contribution in [3.05, 3.63) is 29.6 Å². The van der Waals surface area contributed by atoms with Gasteiger partial charge in [0.05, 0.1) is 7.11 Å². The minimum Gasteiger partial charge on any atom is -0.494 e. The molecule has 1 aromatic rings. The molecular formula is C15H23FN2O3. The number of nitrogens with one attached hydrogen (secondary N) is 1. The summed E-state index contributed by atoms with van der Waals surface area (Å²) in [5, 5.41) is 2.67. The van der Waals surface area contributed by atoms with E-state index in [2.05, 4.69) is 5.32 Å². The zero-order valence-corrected chi connectivity index (χ0v) is 12.9. The lowest BCUT2D eigenvalue weighted by Gasteiger charge is -2.22. The summed E-state index contributed by atoms with van der Waals surface area (Å²) in [5.74, 6) is -0.424. The molecule has 21 heavy (non-hydrogen) atoms. The molecule has 1 amide bonds. The molecule has 0 aromatic heterocycles. The standard InChI is InChI=1S/C15H23FN2O3/c1-15(2,3)21-14(19)18-9-11(8-17)10-5-6-12(16)13(7-10)20-4/h5-7,11H,8-9,17H2,1-4H3,(H,18,19). The normalized spacial score (nSPS) is 12.7. The van der Waals surface area contributed by atoms with Gasteiger partial charge in [-0.25, -0.2) is 9.18 Å². The molecule has 0 radical (unpaired) electrons. The molecule has 5 nitrogen and oxygen atoms in total. The third-order valence-electron chi connectivity index (χ3n) is 2.82. The Kier molecular flexibility index (Phi) is 5.96. The maximum Gasteiger partial charge on any atom is 0.407 e. The smallest absolute Gasteiger partial charge is 0.407 e. The van der Waals surface area contributed by atoms with Crippen molar-refractivity contribution < 1.29 is 18.7 Å². The van der Waals surface area contributed by atoms with E-state index in [1.54, 1.807) is 32.9 Å². The van der Waals surface area contributed by atoms with Crippen molar-refractivity contribution in [2.24, 2.45) is 5.73 Å². The number of hydrogen-bond acceptors (Lipinski definition) is 4. The Bertz CT molecular complexity index is 486. The second kappa shape index (κ2) is 7.26. The second-order valence-electron chi connectivity index (χ2n) is 5.71. The number of rotatable bonds is 5. The summed E-state index contributed by atoms with van der Waals surface area (Å²) in [5.41, 5.74) is 5.96. The van der Waals surface area contributed by atoms with Crippen molar-refractivity contribution >= 4 is 6.09 Å². The number of alkyl carbamates (subject to hydrolysis) is 1. The lowest BCUT2D eigenvalue weighted by atomic mass is 9.99. The molecule has 0 saturated carbocycles. The first-order valence-corrected chi connectivity index (χ1v) is 6.77. The van der Waals surface area contributed by atoms with Gasteiger partial charge in [-0.05, 0) is 38.5 Å². The fourth-order valence-corrected chi connectivity index (χ4v) is 1.79. The van der Waals surface area contributed by atoms with Crippen LogP contribution in [-0.4, -0.2) is 31.9 Å². The van der Waals surface area contributed by atoms with Gasteiger partial charge in [0, 0.05) is 19.0 Å². The van der Waals surface area contributed by atoms with E-state index in [1.807, 2.05) is 0 Å². The summed E-state index contributed by atoms with van der Waals surface area (Å²) in [6.45, 7) is 5.98. The van der Waals surface area contributed by atoms with Gasteiger partial charge in [0.25, 0.3) is 0 Å². The molecule has 0 bridgehead atoms. The number of carbonyl (C=O) groups is 1. The van der Waals surface area contributed by atoms with E-state index in [1.165, 1.54) is 13.2 Å². The molecule has 0 heterocycles. The molecule has 0 saturated heterocycles. The summed E-state index contributed by atoms with van der Waals surface area (Å²) < 4.78 is 23.5. The lowest BCUT2D eigenvalue weighted by molar-refractivity contribution is 0.0525. The maximum atomic E-state index is 13.4. The quantitative estimate of drug-likeness (QED) is 0.875. The summed E-state index contributed by atoms with van der Waals surface area (Å²) in [7, 11) is 1.40. The number of hydrogen-bond donors (Lipinski definition) is 2. The Hall–Kier alpha value is -1.82. The molecule has 0 aliphatic carbocycles. The lowest BCUT2D eigenvalue weighted by Crippen LogP contribution is -2.36. The highest BCUT2D eigenvalue weighted by molar-refractivity contribution is 5.67. The molecule has 0 aliphatic heterocycles. The van der Waals surface area contributed by atoms with E-state index in [-0.39, 0.29) is 11.7 Å². The van der Waals surface area contributed by atoms with E-state index in [9.17, 15) is 9.18 Å². The molecule has 1 rings (SSSR count). The highest BCUT2D eigenvalue weighted by Gasteiger charge is 2.18. The number of methoxy groups -OCH3 is 1. The fourth-order valence-electron chi connectivity index (χ4n) is 1.79. The molecular weight excluding hydrogens is 275 g/mol. The average molecular weight is 298 g/mol. The summed E-state index contributed by atoms with van der Waals surface area (Å²) >= 11 is 0. The van der Waals surface area contributed by atoms with Crippen LogP contribution in [0.25, 0.3) is 0 Å². The Balaban J connectivity index is 2.69. The molecule has 118 valence electrons. The Labute approximate surface area is 124 Å². The molecule has 1 unspecified atom stereocenters. The SMILES string of the molecule is COc1cc(C(CN)CNC(=O)OC(C)(C)C)ccc1F. The van der Waals surface area contributed by atoms with Crippen molar-refractivity contribution in [2.75, 3.05) is 20.2 Å². The maximum absolute atomic E-state index is 13.4. The van der Waals surface area contributed by atoms with Crippen LogP contribution in [-0.2, 0) is 4.74 Å². The third kappa shape index (κ3) is 5.59. The van der Waals surface area contributed by atoms with Gasteiger partial charge in [0.1, 0.15) is 5.60 Å². The first kappa shape index (κ1) is 17.2. The van der Waals surface area contributed by atoms with Gasteiger partial charge < -0.3 is 20.5 Å². The van der Waals surface area contributed by atoms with Crippen molar-refractivity contribution in [2.45, 2.75) is 32.3 Å². The van der Waals surface area contributed by atoms with E-state index in [0.717, 1.165) is 5.56 Å². The van der Waals surface area contributed by atoms with Crippen LogP contribution in [0.3, 0.4) is 0 Å². The van der Waals surface area contributed by atoms with Crippen LogP contribution in [0.2, 0.25) is 0 Å². The van der Waals surface area contributed by atoms with Gasteiger partial charge in [-0.3, -0.25) is 0 Å². The van der Waals surface area contributed by atoms with Gasteiger partial charge in [-0.1, -0.05) is 6.07 Å². The monoisotopic (exact) mass is 298 g/mol. The molecule has 1 aromatic carbocycles. The highest BCUT2D eigenvalue weighted by Crippen LogP contribution is 2.23. The minimum absolute atomic E-state index is 0.146. The van der Waals surface area contributed by atoms with Gasteiger partial charge in [0.2, 0.25) is 0 Å². The summed E-state index contributed by atoms with van der Waals surface area (Å²) in [4.78, 5) is 11.6. The largest absolute Gasteiger partial charge is 0.494 e. The van der Waals surface area contributed by atoms with Gasteiger partial charge in [0.15, 0.2) is 11.6 Å². The first-order valence-electron chi connectivity index (χ1n) is 6.77. The third-order valence-corrected chi connectivity index (χ3v) is 2.82. The number of nitrogens with two attached hydrogens (primary N) is 1. The molecule has 1 atom stereocenters. The minimum atomic E-state index is -0.554. The fraction of sp³-hybridized carbons (Fsp3) is 0.533. The zero-order valence-electron chi connectivity index (χ0n) is 12.9. The first-order chi connectivity index (χ1) is 9.76. The zero-order chi connectivity index (χ0) is 16.0. The van der Waals surface area contributed by atoms with E-state index in [0.29, 0.717) is 13.1 Å². The number of benzene rings is 1. The van der Waals surface area contributed by atoms with Crippen LogP contribution in [0, 0.1) is 5.82 Å². The summed E-state index contributed by atoms with van der Waals surface area (Å²) in [6.07, 6.45) is -0.505. The molecule has 0 spiro atoms. The Morgan fingerprint density at radius 2 is 2.10 bits per heavy atom.